The number of aliphatic hydroxyl groups is 1. The van der Waals surface area contributed by atoms with Crippen LogP contribution in [0.1, 0.15) is 23.2 Å². The second-order valence-corrected chi connectivity index (χ2v) is 5.21. The number of nitro groups is 1. The third-order valence-electron chi connectivity index (χ3n) is 3.54. The van der Waals surface area contributed by atoms with Gasteiger partial charge in [0.2, 0.25) is 0 Å². The maximum absolute atomic E-state index is 12.3. The molecule has 1 aromatic carbocycles. The van der Waals surface area contributed by atoms with Crippen molar-refractivity contribution in [1.82, 2.24) is 4.90 Å². The number of hydrogen-bond acceptors (Lipinski definition) is 5. The molecule has 1 saturated carbocycles. The van der Waals surface area contributed by atoms with Crippen molar-refractivity contribution in [1.29, 1.82) is 0 Å². The van der Waals surface area contributed by atoms with Crippen LogP contribution in [0.5, 0.6) is 0 Å². The van der Waals surface area contributed by atoms with Crippen molar-refractivity contribution in [3.8, 4) is 0 Å². The number of benzene rings is 1. The van der Waals surface area contributed by atoms with Gasteiger partial charge in [0, 0.05) is 25.3 Å². The van der Waals surface area contributed by atoms with Gasteiger partial charge in [0.25, 0.3) is 11.6 Å². The van der Waals surface area contributed by atoms with Crippen LogP contribution >= 0.6 is 0 Å². The Kier molecular flexibility index (Phi) is 3.89. The number of nitro benzene ring substituents is 1. The van der Waals surface area contributed by atoms with Gasteiger partial charge < -0.3 is 15.7 Å². The molecule has 0 heterocycles. The first kappa shape index (κ1) is 14.3. The first-order chi connectivity index (χ1) is 9.38. The Morgan fingerprint density at radius 3 is 2.75 bits per heavy atom. The average molecular weight is 279 g/mol. The van der Waals surface area contributed by atoms with Gasteiger partial charge in [-0.15, -0.1) is 0 Å². The number of anilines is 1. The largest absolute Gasteiger partial charge is 0.399 e. The molecule has 0 unspecified atom stereocenters. The molecule has 0 spiro atoms. The Labute approximate surface area is 116 Å². The van der Waals surface area contributed by atoms with Gasteiger partial charge >= 0.3 is 0 Å². The molecule has 7 heteroatoms. The highest BCUT2D eigenvalue weighted by Crippen LogP contribution is 2.29. The minimum atomic E-state index is -0.590. The topological polar surface area (TPSA) is 110 Å². The summed E-state index contributed by atoms with van der Waals surface area (Å²) in [4.78, 5) is 24.1. The fourth-order valence-corrected chi connectivity index (χ4v) is 2.41. The second kappa shape index (κ2) is 5.46. The smallest absolute Gasteiger partial charge is 0.282 e. The summed E-state index contributed by atoms with van der Waals surface area (Å²) in [7, 11) is 1.60. The van der Waals surface area contributed by atoms with Crippen LogP contribution in [0.15, 0.2) is 18.2 Å². The minimum absolute atomic E-state index is 0.00243. The summed E-state index contributed by atoms with van der Waals surface area (Å²) in [6.45, 7) is 0.474. The van der Waals surface area contributed by atoms with Gasteiger partial charge in [-0.25, -0.2) is 0 Å². The van der Waals surface area contributed by atoms with Gasteiger partial charge in [0.1, 0.15) is 5.56 Å². The molecule has 3 N–H and O–H groups in total. The third-order valence-corrected chi connectivity index (χ3v) is 3.54. The lowest BCUT2D eigenvalue weighted by Gasteiger charge is -2.34. The van der Waals surface area contributed by atoms with Crippen molar-refractivity contribution in [3.05, 3.63) is 33.9 Å². The number of carbonyl (C=O) groups excluding carboxylic acids is 1. The molecule has 0 atom stereocenters. The Bertz CT molecular complexity index is 540. The zero-order valence-electron chi connectivity index (χ0n) is 11.2. The third kappa shape index (κ3) is 2.88. The highest BCUT2D eigenvalue weighted by Gasteiger charge is 2.30. The van der Waals surface area contributed by atoms with Crippen LogP contribution in [0, 0.1) is 16.0 Å². The minimum Gasteiger partial charge on any atom is -0.399 e. The molecule has 0 saturated heterocycles. The molecule has 1 fully saturated rings. The van der Waals surface area contributed by atoms with Crippen molar-refractivity contribution in [3.63, 3.8) is 0 Å². The fourth-order valence-electron chi connectivity index (χ4n) is 2.41. The normalized spacial score (nSPS) is 21.1. The molecule has 0 aromatic heterocycles. The molecule has 108 valence electrons. The van der Waals surface area contributed by atoms with Gasteiger partial charge in [-0.1, -0.05) is 0 Å². The predicted octanol–water partition coefficient (Wildman–Crippen LogP) is 1.02. The van der Waals surface area contributed by atoms with E-state index in [1.54, 1.807) is 7.05 Å². The Morgan fingerprint density at radius 1 is 1.55 bits per heavy atom. The zero-order chi connectivity index (χ0) is 14.9. The highest BCUT2D eigenvalue weighted by atomic mass is 16.6. The van der Waals surface area contributed by atoms with Crippen molar-refractivity contribution < 1.29 is 14.8 Å². The maximum Gasteiger partial charge on any atom is 0.282 e. The summed E-state index contributed by atoms with van der Waals surface area (Å²) in [5.74, 6) is -0.176. The first-order valence-electron chi connectivity index (χ1n) is 6.36. The number of hydrogen-bond donors (Lipinski definition) is 2. The van der Waals surface area contributed by atoms with E-state index in [0.29, 0.717) is 25.1 Å². The number of amides is 1. The molecule has 0 aliphatic heterocycles. The Balaban J connectivity index is 2.15. The lowest BCUT2D eigenvalue weighted by Crippen LogP contribution is -2.39. The first-order valence-corrected chi connectivity index (χ1v) is 6.36. The second-order valence-electron chi connectivity index (χ2n) is 5.21. The summed E-state index contributed by atoms with van der Waals surface area (Å²) in [5, 5.41) is 20.2. The Hall–Kier alpha value is -2.15. The summed E-state index contributed by atoms with van der Waals surface area (Å²) >= 11 is 0. The highest BCUT2D eigenvalue weighted by molar-refractivity contribution is 5.98. The quantitative estimate of drug-likeness (QED) is 0.485. The predicted molar refractivity (Wildman–Crippen MR) is 73.2 cm³/mol. The molecule has 1 aliphatic carbocycles. The zero-order valence-corrected chi connectivity index (χ0v) is 11.2. The maximum atomic E-state index is 12.3. The van der Waals surface area contributed by atoms with Crippen molar-refractivity contribution in [2.45, 2.75) is 18.9 Å². The molecular weight excluding hydrogens is 262 g/mol. The van der Waals surface area contributed by atoms with E-state index in [1.165, 1.54) is 23.1 Å². The number of nitrogens with zero attached hydrogens (tertiary/aromatic N) is 2. The number of aliphatic hydroxyl groups excluding tert-OH is 1. The van der Waals surface area contributed by atoms with Crippen molar-refractivity contribution >= 4 is 17.3 Å². The van der Waals surface area contributed by atoms with E-state index in [1.807, 2.05) is 0 Å². The van der Waals surface area contributed by atoms with Crippen LogP contribution in [0.25, 0.3) is 0 Å². The Morgan fingerprint density at radius 2 is 2.20 bits per heavy atom. The molecule has 1 aromatic rings. The lowest BCUT2D eigenvalue weighted by atomic mass is 9.82. The van der Waals surface area contributed by atoms with Crippen LogP contribution in [0.2, 0.25) is 0 Å². The molecule has 20 heavy (non-hydrogen) atoms. The number of nitrogen functional groups attached to an aromatic ring is 1. The van der Waals surface area contributed by atoms with Gasteiger partial charge in [-0.05, 0) is 30.9 Å². The van der Waals surface area contributed by atoms with Crippen LogP contribution in [-0.2, 0) is 0 Å². The standard InChI is InChI=1S/C13H17N3O4/c1-15(7-8-4-10(17)5-8)13(18)11-6-9(14)2-3-12(11)16(19)20/h2-3,6,8,10,17H,4-5,7,14H2,1H3. The lowest BCUT2D eigenvalue weighted by molar-refractivity contribution is -0.385. The number of nitrogens with two attached hydrogens (primary N) is 1. The summed E-state index contributed by atoms with van der Waals surface area (Å²) in [5.41, 5.74) is 5.66. The van der Waals surface area contributed by atoms with E-state index in [-0.39, 0.29) is 23.3 Å². The van der Waals surface area contributed by atoms with E-state index < -0.39 is 10.8 Å². The van der Waals surface area contributed by atoms with Crippen LogP contribution in [0.3, 0.4) is 0 Å². The van der Waals surface area contributed by atoms with E-state index in [2.05, 4.69) is 0 Å². The van der Waals surface area contributed by atoms with Crippen LogP contribution in [0.4, 0.5) is 11.4 Å². The van der Waals surface area contributed by atoms with Crippen molar-refractivity contribution in [2.24, 2.45) is 5.92 Å². The van der Waals surface area contributed by atoms with Crippen LogP contribution in [-0.4, -0.2) is 40.5 Å². The molecule has 7 nitrogen and oxygen atoms in total. The van der Waals surface area contributed by atoms with E-state index in [9.17, 15) is 20.0 Å². The molecule has 0 radical (unpaired) electrons. The van der Waals surface area contributed by atoms with Gasteiger partial charge in [0.05, 0.1) is 11.0 Å². The number of rotatable bonds is 4. The van der Waals surface area contributed by atoms with Gasteiger partial charge in [-0.3, -0.25) is 14.9 Å². The molecule has 2 rings (SSSR count). The average Bonchev–Trinajstić information content (AvgIpc) is 2.35. The SMILES string of the molecule is CN(CC1CC(O)C1)C(=O)c1cc(N)ccc1[N+](=O)[O-]. The molecular formula is C13H17N3O4. The van der Waals surface area contributed by atoms with Crippen LogP contribution < -0.4 is 5.73 Å². The number of carbonyl (C=O) groups is 1. The molecule has 1 aliphatic rings. The van der Waals surface area contributed by atoms with E-state index in [0.717, 1.165) is 0 Å². The fraction of sp³-hybridized carbons (Fsp3) is 0.462. The van der Waals surface area contributed by atoms with E-state index >= 15 is 0 Å². The van der Waals surface area contributed by atoms with Gasteiger partial charge in [0.15, 0.2) is 0 Å². The van der Waals surface area contributed by atoms with Gasteiger partial charge in [-0.2, -0.15) is 0 Å². The van der Waals surface area contributed by atoms with E-state index in [4.69, 9.17) is 5.73 Å². The molecule has 0 bridgehead atoms. The summed E-state index contributed by atoms with van der Waals surface area (Å²) < 4.78 is 0. The monoisotopic (exact) mass is 279 g/mol. The summed E-state index contributed by atoms with van der Waals surface area (Å²) in [6, 6.07) is 3.97. The molecule has 1 amide bonds. The van der Waals surface area contributed by atoms with Crippen molar-refractivity contribution in [2.75, 3.05) is 19.3 Å². The summed E-state index contributed by atoms with van der Waals surface area (Å²) in [6.07, 6.45) is 1.04.